The van der Waals surface area contributed by atoms with Gasteiger partial charge in [0.1, 0.15) is 33.5 Å². The highest BCUT2D eigenvalue weighted by Crippen LogP contribution is 2.48. The monoisotopic (exact) mass is 883 g/mol. The molecule has 4 aromatic rings. The maximum Gasteiger partial charge on any atom is 0.197 e. The lowest BCUT2D eigenvalue weighted by Gasteiger charge is -2.13. The van der Waals surface area contributed by atoms with Crippen LogP contribution in [0.1, 0.15) is 0 Å². The number of ether oxygens (including phenoxy) is 2. The number of anilines is 1. The van der Waals surface area contributed by atoms with Gasteiger partial charge in [-0.05, 0) is 42.5 Å². The Morgan fingerprint density at radius 1 is 0.679 bits per heavy atom. The minimum atomic E-state index is -4.04. The first-order valence-electron chi connectivity index (χ1n) is 14.8. The minimum absolute atomic E-state index is 0.0146. The van der Waals surface area contributed by atoms with E-state index in [9.17, 15) is 21.9 Å². The third-order valence-electron chi connectivity index (χ3n) is 6.99. The molecule has 0 radical (unpaired) electrons. The number of fused-ring (bicyclic) bond motifs is 1. The van der Waals surface area contributed by atoms with Crippen LogP contribution in [0.5, 0.6) is 17.2 Å². The summed E-state index contributed by atoms with van der Waals surface area (Å²) in [6.07, 6.45) is 0. The molecule has 0 amide bonds. The van der Waals surface area contributed by atoms with Crippen molar-refractivity contribution in [2.45, 2.75) is 14.7 Å². The zero-order valence-corrected chi connectivity index (χ0v) is 32.5. The van der Waals surface area contributed by atoms with Crippen molar-refractivity contribution in [2.75, 3.05) is 44.7 Å². The number of methoxy groups -OCH3 is 2. The highest BCUT2D eigenvalue weighted by Gasteiger charge is 2.24. The molecule has 23 nitrogen and oxygen atoms in total. The molecule has 0 spiro atoms. The summed E-state index contributed by atoms with van der Waals surface area (Å²) in [4.78, 5) is -0.292. The van der Waals surface area contributed by atoms with E-state index in [1.165, 1.54) is 62.8 Å². The first kappa shape index (κ1) is 44.8. The van der Waals surface area contributed by atoms with E-state index >= 15 is 0 Å². The summed E-state index contributed by atoms with van der Waals surface area (Å²) >= 11 is 0.877. The van der Waals surface area contributed by atoms with Gasteiger partial charge in [-0.25, -0.2) is 32.6 Å². The van der Waals surface area contributed by atoms with Crippen molar-refractivity contribution in [3.05, 3.63) is 54.6 Å². The van der Waals surface area contributed by atoms with Gasteiger partial charge in [0.2, 0.25) is 0 Å². The number of nitrogen functional groups attached to an aromatic ring is 1. The van der Waals surface area contributed by atoms with Crippen LogP contribution in [0.15, 0.2) is 89.7 Å². The molecule has 4 rings (SSSR count). The Morgan fingerprint density at radius 3 is 1.89 bits per heavy atom. The molecule has 0 aliphatic heterocycles. The van der Waals surface area contributed by atoms with E-state index in [-0.39, 0.29) is 103 Å². The molecule has 0 aromatic heterocycles. The van der Waals surface area contributed by atoms with Crippen molar-refractivity contribution in [3.63, 3.8) is 0 Å². The molecule has 0 unspecified atom stereocenters. The molecule has 0 saturated heterocycles. The molecule has 6 N–H and O–H groups in total. The molecular formula is C28H29N5O18S5. The van der Waals surface area contributed by atoms with Gasteiger partial charge in [0.25, 0.3) is 0 Å². The highest BCUT2D eigenvalue weighted by atomic mass is 32.2. The third kappa shape index (κ3) is 11.8. The van der Waals surface area contributed by atoms with E-state index < -0.39 is 36.9 Å². The van der Waals surface area contributed by atoms with Gasteiger partial charge in [0.15, 0.2) is 50.1 Å². The first-order valence-corrected chi connectivity index (χ1v) is 20.2. The molecule has 0 aliphatic carbocycles. The van der Waals surface area contributed by atoms with E-state index in [1.54, 1.807) is 0 Å². The van der Waals surface area contributed by atoms with E-state index in [0.717, 1.165) is 6.07 Å². The topological polar surface area (TPSA) is 317 Å². The number of rotatable bonds is 23. The Labute approximate surface area is 329 Å². The van der Waals surface area contributed by atoms with Crippen LogP contribution < -0.4 is 15.2 Å². The molecule has 304 valence electrons. The molecule has 56 heavy (non-hydrogen) atoms. The summed E-state index contributed by atoms with van der Waals surface area (Å²) < 4.78 is 84.3. The van der Waals surface area contributed by atoms with Crippen molar-refractivity contribution in [3.8, 4) is 17.2 Å². The Kier molecular flexibility index (Phi) is 17.2. The average molecular weight is 884 g/mol. The highest BCUT2D eigenvalue weighted by molar-refractivity contribution is 7.94. The fourth-order valence-electron chi connectivity index (χ4n) is 4.50. The smallest absolute Gasteiger partial charge is 0.197 e. The van der Waals surface area contributed by atoms with Crippen LogP contribution in [0.3, 0.4) is 0 Å². The summed E-state index contributed by atoms with van der Waals surface area (Å²) in [7, 11) is -5.32. The normalized spacial score (nSPS) is 12.3. The Hall–Kier alpha value is -3.95. The molecular weight excluding hydrogens is 855 g/mol. The quantitative estimate of drug-likeness (QED) is 0.0126. The van der Waals surface area contributed by atoms with Crippen LogP contribution in [0.25, 0.3) is 10.8 Å². The molecule has 0 heterocycles. The van der Waals surface area contributed by atoms with E-state index in [0.29, 0.717) is 12.0 Å². The van der Waals surface area contributed by atoms with Crippen LogP contribution in [0, 0.1) is 0 Å². The maximum atomic E-state index is 13.1. The van der Waals surface area contributed by atoms with Gasteiger partial charge in [-0.3, -0.25) is 8.37 Å². The second kappa shape index (κ2) is 21.5. The van der Waals surface area contributed by atoms with Crippen LogP contribution in [0.2, 0.25) is 0 Å². The number of hydrogen-bond donors (Lipinski definition) is 5. The van der Waals surface area contributed by atoms with Gasteiger partial charge in [-0.1, -0.05) is 15.1 Å². The van der Waals surface area contributed by atoms with E-state index in [1.807, 2.05) is 0 Å². The summed E-state index contributed by atoms with van der Waals surface area (Å²) in [6, 6.07) is 12.1. The standard InChI is InChI=1S/C28H29N5O18S5/c1-42-22-15-25(56(40,41)12-10-45-54-51-48-37)23(43-2)14-21(22)31-33-27-24(52-49-46-35)13-19-18(28(27)34)7-8-20(29)26(19)32-30-16-3-5-17(6-4-16)55(38,39)11-9-44-53-50-47-36/h3-8,13-15,34-37H,9-12,29H2,1-2H3. The van der Waals surface area contributed by atoms with Crippen molar-refractivity contribution < 1.29 is 83.7 Å². The van der Waals surface area contributed by atoms with E-state index in [2.05, 4.69) is 48.6 Å². The number of nitrogens with two attached hydrogens (primary N) is 1. The summed E-state index contributed by atoms with van der Waals surface area (Å²) in [5.41, 5.74) is 6.44. The Morgan fingerprint density at radius 2 is 1.29 bits per heavy atom. The number of aromatic hydroxyl groups is 1. The van der Waals surface area contributed by atoms with Gasteiger partial charge in [-0.15, -0.1) is 28.3 Å². The van der Waals surface area contributed by atoms with E-state index in [4.69, 9.17) is 39.3 Å². The molecule has 0 bridgehead atoms. The largest absolute Gasteiger partial charge is 0.505 e. The average Bonchev–Trinajstić information content (AvgIpc) is 3.18. The predicted octanol–water partition coefficient (Wildman–Crippen LogP) is 6.95. The predicted molar refractivity (Wildman–Crippen MR) is 196 cm³/mol. The van der Waals surface area contributed by atoms with Gasteiger partial charge < -0.3 is 20.3 Å². The number of hydrogen-bond acceptors (Lipinski definition) is 26. The van der Waals surface area contributed by atoms with Crippen LogP contribution in [-0.2, 0) is 56.2 Å². The second-order valence-electron chi connectivity index (χ2n) is 10.2. The van der Waals surface area contributed by atoms with Gasteiger partial charge >= 0.3 is 0 Å². The Bertz CT molecular complexity index is 2230. The van der Waals surface area contributed by atoms with Crippen molar-refractivity contribution in [1.29, 1.82) is 0 Å². The number of sulfone groups is 2. The van der Waals surface area contributed by atoms with Crippen LogP contribution >= 0.6 is 36.7 Å². The van der Waals surface area contributed by atoms with Gasteiger partial charge in [-0.2, -0.15) is 5.11 Å². The minimum Gasteiger partial charge on any atom is -0.505 e. The third-order valence-corrected chi connectivity index (χ3v) is 11.8. The zero-order valence-electron chi connectivity index (χ0n) is 28.4. The van der Waals surface area contributed by atoms with Crippen molar-refractivity contribution >= 4 is 95.6 Å². The van der Waals surface area contributed by atoms with Gasteiger partial charge in [0, 0.05) is 22.9 Å². The number of phenols is 1. The first-order chi connectivity index (χ1) is 26.9. The summed E-state index contributed by atoms with van der Waals surface area (Å²) in [6.45, 7) is -0.637. The fraction of sp³-hybridized carbons (Fsp3) is 0.214. The summed E-state index contributed by atoms with van der Waals surface area (Å²) in [5, 5.41) is 64.1. The SMILES string of the molecule is COc1cc(S(=O)(=O)CCOSOOO)c(OC)cc1N=Nc1c(SOOO)cc2c(N=Nc3ccc(S(=O)(=O)CCOSOOO)cc3)c(N)ccc2c1O. The molecule has 4 aromatic carbocycles. The van der Waals surface area contributed by atoms with Crippen molar-refractivity contribution in [2.24, 2.45) is 20.5 Å². The number of azo groups is 2. The molecule has 0 saturated carbocycles. The molecule has 0 fully saturated rings. The molecule has 0 aliphatic rings. The number of benzene rings is 4. The fourth-order valence-corrected chi connectivity index (χ4v) is 7.97. The number of nitrogens with zero attached hydrogens (tertiary/aromatic N) is 4. The lowest BCUT2D eigenvalue weighted by atomic mass is 10.1. The maximum absolute atomic E-state index is 13.1. The number of phenolic OH excluding ortho intramolecular Hbond substituents is 1. The second-order valence-corrected chi connectivity index (χ2v) is 16.1. The van der Waals surface area contributed by atoms with Crippen molar-refractivity contribution in [1.82, 2.24) is 0 Å². The Balaban J connectivity index is 1.67. The summed E-state index contributed by atoms with van der Waals surface area (Å²) in [5.74, 6) is -1.60. The zero-order chi connectivity index (χ0) is 40.7. The molecule has 0 atom stereocenters. The van der Waals surface area contributed by atoms with Crippen LogP contribution in [0.4, 0.5) is 28.4 Å². The van der Waals surface area contributed by atoms with Crippen LogP contribution in [-0.4, -0.2) is 76.7 Å². The lowest BCUT2D eigenvalue weighted by molar-refractivity contribution is -0.434. The van der Waals surface area contributed by atoms with Gasteiger partial charge in [0.05, 0.1) is 72.1 Å². The lowest BCUT2D eigenvalue weighted by Crippen LogP contribution is -2.12. The molecule has 28 heteroatoms.